The lowest BCUT2D eigenvalue weighted by atomic mass is 10.0. The summed E-state index contributed by atoms with van der Waals surface area (Å²) in [5.74, 6) is 3.07. The van der Waals surface area contributed by atoms with E-state index in [9.17, 15) is 0 Å². The fraction of sp³-hybridized carbons (Fsp3) is 0.824. The van der Waals surface area contributed by atoms with Crippen LogP contribution in [-0.4, -0.2) is 22.4 Å². The normalized spacial score (nSPS) is 30.0. The lowest BCUT2D eigenvalue weighted by molar-refractivity contribution is 0.406. The summed E-state index contributed by atoms with van der Waals surface area (Å²) in [5, 5.41) is 8.12. The van der Waals surface area contributed by atoms with Gasteiger partial charge in [-0.2, -0.15) is 5.10 Å². The first-order valence-corrected chi connectivity index (χ1v) is 8.50. The molecule has 1 heterocycles. The Balaban J connectivity index is 1.55. The van der Waals surface area contributed by atoms with Crippen LogP contribution in [0.3, 0.4) is 0 Å². The van der Waals surface area contributed by atoms with Crippen molar-refractivity contribution in [1.29, 1.82) is 0 Å². The van der Waals surface area contributed by atoms with E-state index < -0.39 is 0 Å². The summed E-state index contributed by atoms with van der Waals surface area (Å²) >= 11 is 0. The Morgan fingerprint density at radius 1 is 1.35 bits per heavy atom. The van der Waals surface area contributed by atoms with Gasteiger partial charge >= 0.3 is 0 Å². The number of hydrogen-bond donors (Lipinski definition) is 1. The third-order valence-electron chi connectivity index (χ3n) is 5.35. The Kier molecular flexibility index (Phi) is 4.45. The van der Waals surface area contributed by atoms with Crippen LogP contribution in [0.5, 0.6) is 0 Å². The van der Waals surface area contributed by atoms with Gasteiger partial charge in [0, 0.05) is 19.3 Å². The van der Waals surface area contributed by atoms with Gasteiger partial charge in [-0.3, -0.25) is 4.68 Å². The minimum Gasteiger partial charge on any atom is -0.314 e. The zero-order chi connectivity index (χ0) is 13.9. The van der Waals surface area contributed by atoms with Gasteiger partial charge < -0.3 is 5.32 Å². The van der Waals surface area contributed by atoms with Crippen LogP contribution in [0, 0.1) is 17.8 Å². The zero-order valence-corrected chi connectivity index (χ0v) is 13.0. The summed E-state index contributed by atoms with van der Waals surface area (Å²) < 4.78 is 1.92. The molecule has 2 fully saturated rings. The molecule has 3 unspecified atom stereocenters. The van der Waals surface area contributed by atoms with Crippen LogP contribution < -0.4 is 5.32 Å². The fourth-order valence-electron chi connectivity index (χ4n) is 4.33. The monoisotopic (exact) mass is 275 g/mol. The highest BCUT2D eigenvalue weighted by atomic mass is 15.2. The van der Waals surface area contributed by atoms with E-state index in [1.54, 1.807) is 0 Å². The van der Waals surface area contributed by atoms with Crippen molar-refractivity contribution in [3.63, 3.8) is 0 Å². The molecule has 0 bridgehead atoms. The highest BCUT2D eigenvalue weighted by Crippen LogP contribution is 2.57. The quantitative estimate of drug-likeness (QED) is 0.828. The second-order valence-corrected chi connectivity index (χ2v) is 6.81. The van der Waals surface area contributed by atoms with Gasteiger partial charge in [0.15, 0.2) is 0 Å². The molecule has 0 saturated heterocycles. The van der Waals surface area contributed by atoms with Gasteiger partial charge in [0.25, 0.3) is 0 Å². The predicted octanol–water partition coefficient (Wildman–Crippen LogP) is 3.16. The highest BCUT2D eigenvalue weighted by molar-refractivity contribution is 5.08. The van der Waals surface area contributed by atoms with Crippen LogP contribution in [0.15, 0.2) is 12.4 Å². The first-order valence-electron chi connectivity index (χ1n) is 8.50. The van der Waals surface area contributed by atoms with Crippen LogP contribution in [0.4, 0.5) is 0 Å². The maximum Gasteiger partial charge on any atom is 0.0521 e. The molecule has 1 aromatic rings. The molecule has 112 valence electrons. The fourth-order valence-corrected chi connectivity index (χ4v) is 4.33. The number of aromatic nitrogens is 2. The smallest absolute Gasteiger partial charge is 0.0521 e. The largest absolute Gasteiger partial charge is 0.314 e. The molecule has 1 aromatic heterocycles. The Labute approximate surface area is 123 Å². The minimum absolute atomic E-state index is 0.739. The first-order chi connectivity index (χ1) is 9.79. The van der Waals surface area contributed by atoms with Crippen molar-refractivity contribution in [2.45, 2.75) is 57.9 Å². The van der Waals surface area contributed by atoms with Crippen molar-refractivity contribution in [1.82, 2.24) is 15.1 Å². The van der Waals surface area contributed by atoms with Crippen molar-refractivity contribution < 1.29 is 0 Å². The number of aryl methyl sites for hydroxylation is 2. The van der Waals surface area contributed by atoms with Gasteiger partial charge in [-0.1, -0.05) is 19.8 Å². The summed E-state index contributed by atoms with van der Waals surface area (Å²) in [7, 11) is 2.01. The molecule has 20 heavy (non-hydrogen) atoms. The lowest BCUT2D eigenvalue weighted by Gasteiger charge is -2.18. The number of rotatable bonds is 7. The molecular weight excluding hydrogens is 246 g/mol. The van der Waals surface area contributed by atoms with Crippen molar-refractivity contribution in [3.05, 3.63) is 18.0 Å². The Bertz CT molecular complexity index is 414. The van der Waals surface area contributed by atoms with Gasteiger partial charge in [0.1, 0.15) is 0 Å². The van der Waals surface area contributed by atoms with Crippen molar-refractivity contribution >= 4 is 0 Å². The van der Waals surface area contributed by atoms with E-state index in [1.807, 2.05) is 17.9 Å². The van der Waals surface area contributed by atoms with E-state index in [4.69, 9.17) is 0 Å². The van der Waals surface area contributed by atoms with Gasteiger partial charge in [0.2, 0.25) is 0 Å². The molecule has 0 aliphatic heterocycles. The van der Waals surface area contributed by atoms with Crippen molar-refractivity contribution in [3.8, 4) is 0 Å². The Hall–Kier alpha value is -0.830. The summed E-state index contributed by atoms with van der Waals surface area (Å²) in [6, 6.07) is 0.739. The van der Waals surface area contributed by atoms with Crippen LogP contribution in [0.2, 0.25) is 0 Å². The maximum atomic E-state index is 4.29. The molecule has 3 nitrogen and oxygen atoms in total. The molecule has 0 radical (unpaired) electrons. The minimum atomic E-state index is 0.739. The molecule has 0 amide bonds. The summed E-state index contributed by atoms with van der Waals surface area (Å²) in [5.41, 5.74) is 1.39. The Morgan fingerprint density at radius 3 is 2.70 bits per heavy atom. The highest BCUT2D eigenvalue weighted by Gasteiger charge is 2.53. The van der Waals surface area contributed by atoms with Gasteiger partial charge in [-0.25, -0.2) is 0 Å². The summed E-state index contributed by atoms with van der Waals surface area (Å²) in [6.07, 6.45) is 13.8. The number of nitrogens with zero attached hydrogens (tertiary/aromatic N) is 2. The molecule has 0 aromatic carbocycles. The summed E-state index contributed by atoms with van der Waals surface area (Å²) in [4.78, 5) is 0. The average molecular weight is 275 g/mol. The van der Waals surface area contributed by atoms with E-state index in [0.717, 1.165) is 23.8 Å². The van der Waals surface area contributed by atoms with Gasteiger partial charge in [-0.05, 0) is 62.0 Å². The van der Waals surface area contributed by atoms with E-state index in [0.29, 0.717) is 0 Å². The molecule has 3 heteroatoms. The van der Waals surface area contributed by atoms with E-state index >= 15 is 0 Å². The lowest BCUT2D eigenvalue weighted by Crippen LogP contribution is -2.33. The van der Waals surface area contributed by atoms with Crippen molar-refractivity contribution in [2.75, 3.05) is 6.54 Å². The molecule has 2 aliphatic rings. The SMILES string of the molecule is CCCNC(CCc1cnn(C)c1)C1C2CCCCC21. The molecule has 0 spiro atoms. The topological polar surface area (TPSA) is 29.9 Å². The predicted molar refractivity (Wildman–Crippen MR) is 82.5 cm³/mol. The molecular formula is C17H29N3. The second kappa shape index (κ2) is 6.30. The molecule has 3 rings (SSSR count). The third kappa shape index (κ3) is 3.08. The average Bonchev–Trinajstić information content (AvgIpc) is 3.04. The van der Waals surface area contributed by atoms with E-state index in [1.165, 1.54) is 57.1 Å². The van der Waals surface area contributed by atoms with Crippen LogP contribution in [-0.2, 0) is 13.5 Å². The standard InChI is InChI=1S/C17H29N3/c1-3-10-18-16(9-8-13-11-19-20(2)12-13)17-14-6-4-5-7-15(14)17/h11-12,14-18H,3-10H2,1-2H3. The molecule has 1 N–H and O–H groups in total. The van der Waals surface area contributed by atoms with Gasteiger partial charge in [-0.15, -0.1) is 0 Å². The van der Waals surface area contributed by atoms with Crippen LogP contribution in [0.1, 0.15) is 51.0 Å². The number of fused-ring (bicyclic) bond motifs is 1. The maximum absolute atomic E-state index is 4.29. The summed E-state index contributed by atoms with van der Waals surface area (Å²) in [6.45, 7) is 3.44. The van der Waals surface area contributed by atoms with E-state index in [-0.39, 0.29) is 0 Å². The number of nitrogens with one attached hydrogen (secondary N) is 1. The molecule has 2 aliphatic carbocycles. The Morgan fingerprint density at radius 2 is 2.10 bits per heavy atom. The first kappa shape index (κ1) is 14.1. The van der Waals surface area contributed by atoms with Crippen LogP contribution in [0.25, 0.3) is 0 Å². The molecule has 3 atom stereocenters. The van der Waals surface area contributed by atoms with Crippen molar-refractivity contribution in [2.24, 2.45) is 24.8 Å². The van der Waals surface area contributed by atoms with Gasteiger partial charge in [0.05, 0.1) is 6.20 Å². The van der Waals surface area contributed by atoms with Crippen LogP contribution >= 0.6 is 0 Å². The zero-order valence-electron chi connectivity index (χ0n) is 13.0. The number of hydrogen-bond acceptors (Lipinski definition) is 2. The van der Waals surface area contributed by atoms with E-state index in [2.05, 4.69) is 23.5 Å². The third-order valence-corrected chi connectivity index (χ3v) is 5.35. The second-order valence-electron chi connectivity index (χ2n) is 6.81. The molecule has 2 saturated carbocycles.